The van der Waals surface area contributed by atoms with Gasteiger partial charge in [-0.2, -0.15) is 0 Å². The summed E-state index contributed by atoms with van der Waals surface area (Å²) in [6, 6.07) is 17.6. The molecule has 0 saturated heterocycles. The van der Waals surface area contributed by atoms with Crippen LogP contribution in [0, 0.1) is 0 Å². The van der Waals surface area contributed by atoms with E-state index in [1.165, 1.54) is 32.5 Å². The molecule has 2 heteroatoms. The molecule has 0 bridgehead atoms. The highest BCUT2D eigenvalue weighted by atomic mass is 14.0. The molecule has 0 heterocycles. The Morgan fingerprint density at radius 3 is 1.62 bits per heavy atom. The molecule has 3 aromatic carbocycles. The molecule has 0 fully saturated rings. The van der Waals surface area contributed by atoms with Crippen molar-refractivity contribution in [3.8, 4) is 0 Å². The minimum atomic E-state index is 1.33. The predicted molar refractivity (Wildman–Crippen MR) is 77.8 cm³/mol. The zero-order valence-corrected chi connectivity index (χ0v) is 9.62. The molecule has 0 saturated carbocycles. The van der Waals surface area contributed by atoms with E-state index in [1.807, 2.05) is 0 Å². The molecular weight excluding hydrogens is 190 g/mol. The lowest BCUT2D eigenvalue weighted by Gasteiger charge is -2.07. The predicted octanol–water partition coefficient (Wildman–Crippen LogP) is 0.510. The average molecular weight is 202 g/mol. The minimum absolute atomic E-state index is 1.33. The van der Waals surface area contributed by atoms with Gasteiger partial charge in [-0.05, 0) is 33.7 Å². The largest absolute Gasteiger partial charge is 0.140 e. The number of hydrogen-bond acceptors (Lipinski definition) is 0. The van der Waals surface area contributed by atoms with Gasteiger partial charge in [0.15, 0.2) is 0 Å². The van der Waals surface area contributed by atoms with Crippen molar-refractivity contribution in [3.05, 3.63) is 48.5 Å². The summed E-state index contributed by atoms with van der Waals surface area (Å²) < 4.78 is 0. The molecule has 3 rings (SSSR count). The first kappa shape index (κ1) is 9.53. The fraction of sp³-hybridized carbons (Fsp3) is 0. The number of benzene rings is 3. The molecule has 0 spiro atoms. The molecule has 0 amide bonds. The van der Waals surface area contributed by atoms with Gasteiger partial charge in [0, 0.05) is 0 Å². The zero-order valence-electron chi connectivity index (χ0n) is 9.62. The summed E-state index contributed by atoms with van der Waals surface area (Å²) in [6.45, 7) is 0. The molecule has 74 valence electrons. The van der Waals surface area contributed by atoms with Crippen LogP contribution >= 0.6 is 0 Å². The van der Waals surface area contributed by atoms with Gasteiger partial charge in [0.05, 0.1) is 0 Å². The Balaban J connectivity index is 2.55. The van der Waals surface area contributed by atoms with E-state index in [4.69, 9.17) is 0 Å². The number of rotatable bonds is 0. The Bertz CT molecular complexity index is 630. The van der Waals surface area contributed by atoms with Crippen molar-refractivity contribution < 1.29 is 0 Å². The summed E-state index contributed by atoms with van der Waals surface area (Å²) >= 11 is 0. The van der Waals surface area contributed by atoms with Crippen LogP contribution in [0.15, 0.2) is 48.5 Å². The van der Waals surface area contributed by atoms with E-state index in [-0.39, 0.29) is 0 Å². The molecule has 0 radical (unpaired) electrons. The molecule has 0 N–H and O–H groups in total. The Hall–Kier alpha value is -1.69. The summed E-state index contributed by atoms with van der Waals surface area (Å²) in [4.78, 5) is 0. The van der Waals surface area contributed by atoms with Crippen molar-refractivity contribution >= 4 is 48.2 Å². The van der Waals surface area contributed by atoms with Gasteiger partial charge in [-0.25, -0.2) is 0 Å². The smallest absolute Gasteiger partial charge is 0.0813 e. The van der Waals surface area contributed by atoms with Gasteiger partial charge in [0.2, 0.25) is 0 Å². The fourth-order valence-corrected chi connectivity index (χ4v) is 2.36. The summed E-state index contributed by atoms with van der Waals surface area (Å²) in [5.41, 5.74) is 2.70. The van der Waals surface area contributed by atoms with E-state index >= 15 is 0 Å². The van der Waals surface area contributed by atoms with Gasteiger partial charge in [0.25, 0.3) is 0 Å². The maximum atomic E-state index is 2.31. The Kier molecular flexibility index (Phi) is 2.03. The first-order chi connectivity index (χ1) is 7.75. The summed E-state index contributed by atoms with van der Waals surface area (Å²) in [5.74, 6) is 0. The minimum Gasteiger partial charge on any atom is -0.0813 e. The Labute approximate surface area is 97.1 Å². The van der Waals surface area contributed by atoms with Gasteiger partial charge in [-0.3, -0.25) is 0 Å². The molecule has 0 nitrogen and oxygen atoms in total. The van der Waals surface area contributed by atoms with E-state index in [2.05, 4.69) is 64.2 Å². The molecular formula is C14H12B2. The second kappa shape index (κ2) is 3.41. The van der Waals surface area contributed by atoms with Crippen LogP contribution in [0.4, 0.5) is 0 Å². The molecule has 0 aliphatic carbocycles. The number of fused-ring (bicyclic) bond motifs is 2. The van der Waals surface area contributed by atoms with E-state index in [0.717, 1.165) is 0 Å². The van der Waals surface area contributed by atoms with Crippen molar-refractivity contribution in [2.45, 2.75) is 0 Å². The standard InChI is InChI=1S/C14H12B2/c15-13-5-1-3-9-7-10-4-2-6-14(16)12(10)8-11(9)13/h1-8H,15-16H2. The summed E-state index contributed by atoms with van der Waals surface area (Å²) in [5, 5.41) is 5.39. The van der Waals surface area contributed by atoms with Crippen LogP contribution in [0.1, 0.15) is 0 Å². The zero-order chi connectivity index (χ0) is 11.1. The van der Waals surface area contributed by atoms with Crippen LogP contribution in [0.2, 0.25) is 0 Å². The molecule has 0 aromatic heterocycles. The van der Waals surface area contributed by atoms with Crippen LogP contribution in [0.25, 0.3) is 21.5 Å². The third kappa shape index (κ3) is 1.34. The Morgan fingerprint density at radius 1 is 0.625 bits per heavy atom. The lowest BCUT2D eigenvalue weighted by atomic mass is 9.85. The fourth-order valence-electron chi connectivity index (χ4n) is 2.36. The summed E-state index contributed by atoms with van der Waals surface area (Å²) in [7, 11) is 4.35. The SMILES string of the molecule is Bc1cccc2cc3cccc(B)c3cc12. The second-order valence-electron chi connectivity index (χ2n) is 4.44. The van der Waals surface area contributed by atoms with Crippen LogP contribution in [0.5, 0.6) is 0 Å². The van der Waals surface area contributed by atoms with E-state index < -0.39 is 0 Å². The normalized spacial score (nSPS) is 11.0. The molecule has 0 aliphatic heterocycles. The monoisotopic (exact) mass is 202 g/mol. The van der Waals surface area contributed by atoms with Gasteiger partial charge >= 0.3 is 0 Å². The highest BCUT2D eigenvalue weighted by molar-refractivity contribution is 6.41. The first-order valence-corrected chi connectivity index (χ1v) is 5.64. The average Bonchev–Trinajstić information content (AvgIpc) is 2.28. The van der Waals surface area contributed by atoms with E-state index in [1.54, 1.807) is 0 Å². The second-order valence-corrected chi connectivity index (χ2v) is 4.44. The summed E-state index contributed by atoms with van der Waals surface area (Å²) in [6.07, 6.45) is 0. The van der Waals surface area contributed by atoms with Gasteiger partial charge in [-0.15, -0.1) is 0 Å². The van der Waals surface area contributed by atoms with Crippen molar-refractivity contribution in [1.82, 2.24) is 0 Å². The topological polar surface area (TPSA) is 0 Å². The van der Waals surface area contributed by atoms with Crippen LogP contribution in [0.3, 0.4) is 0 Å². The van der Waals surface area contributed by atoms with E-state index in [0.29, 0.717) is 0 Å². The van der Waals surface area contributed by atoms with Crippen LogP contribution in [-0.4, -0.2) is 15.7 Å². The van der Waals surface area contributed by atoms with Gasteiger partial charge < -0.3 is 0 Å². The third-order valence-electron chi connectivity index (χ3n) is 3.32. The van der Waals surface area contributed by atoms with Crippen molar-refractivity contribution in [3.63, 3.8) is 0 Å². The maximum Gasteiger partial charge on any atom is 0.140 e. The Morgan fingerprint density at radius 2 is 1.12 bits per heavy atom. The third-order valence-corrected chi connectivity index (χ3v) is 3.32. The quantitative estimate of drug-likeness (QED) is 0.368. The number of hydrogen-bond donors (Lipinski definition) is 0. The molecule has 0 unspecified atom stereocenters. The molecule has 16 heavy (non-hydrogen) atoms. The molecule has 0 aliphatic rings. The molecule has 0 atom stereocenters. The van der Waals surface area contributed by atoms with Crippen molar-refractivity contribution in [1.29, 1.82) is 0 Å². The lowest BCUT2D eigenvalue weighted by molar-refractivity contribution is 1.82. The highest BCUT2D eigenvalue weighted by Gasteiger charge is 2.01. The van der Waals surface area contributed by atoms with Crippen molar-refractivity contribution in [2.75, 3.05) is 0 Å². The van der Waals surface area contributed by atoms with E-state index in [9.17, 15) is 0 Å². The lowest BCUT2D eigenvalue weighted by Crippen LogP contribution is -2.06. The maximum absolute atomic E-state index is 2.31. The van der Waals surface area contributed by atoms with Gasteiger partial charge in [0.1, 0.15) is 15.7 Å². The molecule has 3 aromatic rings. The van der Waals surface area contributed by atoms with Crippen LogP contribution in [-0.2, 0) is 0 Å². The van der Waals surface area contributed by atoms with Crippen LogP contribution < -0.4 is 10.9 Å². The first-order valence-electron chi connectivity index (χ1n) is 5.64. The highest BCUT2D eigenvalue weighted by Crippen LogP contribution is 2.19. The van der Waals surface area contributed by atoms with Gasteiger partial charge in [-0.1, -0.05) is 47.3 Å². The van der Waals surface area contributed by atoms with Crippen molar-refractivity contribution in [2.24, 2.45) is 0 Å².